The minimum Gasteiger partial charge on any atom is -0.481 e. The van der Waals surface area contributed by atoms with Crippen LogP contribution in [0.15, 0.2) is 23.8 Å². The predicted molar refractivity (Wildman–Crippen MR) is 101 cm³/mol. The standard InChI is InChI=1S/C21H36O4/c1-6-10-11-17(7-2)12-16(5)14-21(9-4)15-18(8-3)19(24-25-21)13-20(22)23/h10-11,14,17-19H,6-9,12-13,15H2,1-5H3,(H,22,23)/t17?,18-,19-,21+/m0/s1. The highest BCUT2D eigenvalue weighted by Crippen LogP contribution is 2.39. The lowest BCUT2D eigenvalue weighted by atomic mass is 9.80. The van der Waals surface area contributed by atoms with Crippen molar-refractivity contribution < 1.29 is 19.7 Å². The summed E-state index contributed by atoms with van der Waals surface area (Å²) in [4.78, 5) is 22.4. The molecule has 0 aromatic heterocycles. The van der Waals surface area contributed by atoms with Gasteiger partial charge in [0.2, 0.25) is 0 Å². The minimum absolute atomic E-state index is 0.000713. The lowest BCUT2D eigenvalue weighted by Gasteiger charge is -2.41. The van der Waals surface area contributed by atoms with Crippen LogP contribution in [-0.4, -0.2) is 22.8 Å². The van der Waals surface area contributed by atoms with E-state index in [2.05, 4.69) is 52.8 Å². The lowest BCUT2D eigenvalue weighted by Crippen LogP contribution is -2.44. The molecule has 0 aliphatic carbocycles. The zero-order chi connectivity index (χ0) is 18.9. The third-order valence-electron chi connectivity index (χ3n) is 5.23. The van der Waals surface area contributed by atoms with Crippen LogP contribution in [0, 0.1) is 11.8 Å². The monoisotopic (exact) mass is 352 g/mol. The molecule has 0 spiro atoms. The van der Waals surface area contributed by atoms with Gasteiger partial charge in [0.25, 0.3) is 0 Å². The Bertz CT molecular complexity index is 469. The molecule has 0 aromatic carbocycles. The van der Waals surface area contributed by atoms with Crippen molar-refractivity contribution in [3.05, 3.63) is 23.8 Å². The van der Waals surface area contributed by atoms with Crippen LogP contribution in [0.1, 0.15) is 79.6 Å². The third kappa shape index (κ3) is 6.95. The van der Waals surface area contributed by atoms with E-state index in [9.17, 15) is 4.79 Å². The number of rotatable bonds is 10. The van der Waals surface area contributed by atoms with Crippen LogP contribution in [-0.2, 0) is 14.6 Å². The Balaban J connectivity index is 2.84. The summed E-state index contributed by atoms with van der Waals surface area (Å²) in [5.74, 6) is -0.0802. The number of allylic oxidation sites excluding steroid dienone is 3. The fourth-order valence-electron chi connectivity index (χ4n) is 3.61. The summed E-state index contributed by atoms with van der Waals surface area (Å²) in [5.41, 5.74) is 0.872. The van der Waals surface area contributed by atoms with Gasteiger partial charge in [0.15, 0.2) is 0 Å². The van der Waals surface area contributed by atoms with Crippen molar-refractivity contribution in [1.82, 2.24) is 0 Å². The summed E-state index contributed by atoms with van der Waals surface area (Å²) in [6.07, 6.45) is 12.2. The molecule has 0 radical (unpaired) electrons. The molecule has 0 bridgehead atoms. The first-order valence-electron chi connectivity index (χ1n) is 9.80. The van der Waals surface area contributed by atoms with E-state index in [1.165, 1.54) is 5.57 Å². The van der Waals surface area contributed by atoms with Crippen LogP contribution < -0.4 is 0 Å². The Hall–Kier alpha value is -1.13. The molecule has 1 saturated heterocycles. The Morgan fingerprint density at radius 1 is 1.32 bits per heavy atom. The first-order valence-corrected chi connectivity index (χ1v) is 9.80. The van der Waals surface area contributed by atoms with Crippen LogP contribution >= 0.6 is 0 Å². The van der Waals surface area contributed by atoms with Crippen molar-refractivity contribution in [2.24, 2.45) is 11.8 Å². The molecule has 1 fully saturated rings. The Labute approximate surface area is 153 Å². The molecule has 0 amide bonds. The third-order valence-corrected chi connectivity index (χ3v) is 5.23. The van der Waals surface area contributed by atoms with Gasteiger partial charge in [-0.25, -0.2) is 9.78 Å². The normalized spacial score (nSPS) is 29.1. The van der Waals surface area contributed by atoms with Crippen molar-refractivity contribution in [2.75, 3.05) is 0 Å². The first kappa shape index (κ1) is 21.9. The van der Waals surface area contributed by atoms with Gasteiger partial charge in [-0.3, -0.25) is 4.79 Å². The molecule has 1 heterocycles. The van der Waals surface area contributed by atoms with Crippen LogP contribution in [0.4, 0.5) is 0 Å². The number of hydrogen-bond donors (Lipinski definition) is 1. The number of carbonyl (C=O) groups is 1. The molecule has 4 heteroatoms. The minimum atomic E-state index is -0.837. The topological polar surface area (TPSA) is 55.8 Å². The maximum Gasteiger partial charge on any atom is 0.306 e. The van der Waals surface area contributed by atoms with Gasteiger partial charge in [-0.1, -0.05) is 57.9 Å². The first-order chi connectivity index (χ1) is 11.9. The second kappa shape index (κ2) is 10.8. The molecule has 1 aliphatic rings. The van der Waals surface area contributed by atoms with Crippen LogP contribution in [0.5, 0.6) is 0 Å². The van der Waals surface area contributed by atoms with Gasteiger partial charge in [-0.2, -0.15) is 0 Å². The average Bonchev–Trinajstić information content (AvgIpc) is 2.59. The van der Waals surface area contributed by atoms with Crippen molar-refractivity contribution in [1.29, 1.82) is 0 Å². The summed E-state index contributed by atoms with van der Waals surface area (Å²) in [6.45, 7) is 10.7. The molecular formula is C21H36O4. The number of hydrogen-bond acceptors (Lipinski definition) is 3. The number of carboxylic acids is 1. The summed E-state index contributed by atoms with van der Waals surface area (Å²) >= 11 is 0. The predicted octanol–water partition coefficient (Wildman–Crippen LogP) is 5.69. The van der Waals surface area contributed by atoms with E-state index < -0.39 is 11.6 Å². The molecule has 4 nitrogen and oxygen atoms in total. The summed E-state index contributed by atoms with van der Waals surface area (Å²) in [5, 5.41) is 9.05. The van der Waals surface area contributed by atoms with Crippen LogP contribution in [0.3, 0.4) is 0 Å². The molecule has 1 unspecified atom stereocenters. The fourth-order valence-corrected chi connectivity index (χ4v) is 3.61. The largest absolute Gasteiger partial charge is 0.481 e. The van der Waals surface area contributed by atoms with Gasteiger partial charge in [0, 0.05) is 0 Å². The Morgan fingerprint density at radius 3 is 2.56 bits per heavy atom. The van der Waals surface area contributed by atoms with E-state index in [1.807, 2.05) is 0 Å². The number of aliphatic carboxylic acids is 1. The van der Waals surface area contributed by atoms with Gasteiger partial charge >= 0.3 is 5.97 Å². The van der Waals surface area contributed by atoms with Gasteiger partial charge < -0.3 is 5.11 Å². The highest BCUT2D eigenvalue weighted by Gasteiger charge is 2.41. The van der Waals surface area contributed by atoms with Gasteiger partial charge in [0.05, 0.1) is 6.42 Å². The quantitative estimate of drug-likeness (QED) is 0.405. The van der Waals surface area contributed by atoms with Crippen molar-refractivity contribution in [3.8, 4) is 0 Å². The second-order valence-corrected chi connectivity index (χ2v) is 7.31. The SMILES string of the molecule is CCC=CC(CC)CC(C)=C[C@]1(CC)C[C@H](CC)[C@H](CC(=O)O)OO1. The van der Waals surface area contributed by atoms with E-state index in [1.54, 1.807) is 0 Å². The van der Waals surface area contributed by atoms with Gasteiger partial charge in [-0.05, 0) is 50.9 Å². The molecule has 144 valence electrons. The molecule has 1 N–H and O–H groups in total. The van der Waals surface area contributed by atoms with E-state index in [0.29, 0.717) is 5.92 Å². The van der Waals surface area contributed by atoms with Crippen LogP contribution in [0.2, 0.25) is 0 Å². The van der Waals surface area contributed by atoms with E-state index in [4.69, 9.17) is 14.9 Å². The Kier molecular flexibility index (Phi) is 9.44. The number of carboxylic acid groups (broad SMARTS) is 1. The molecule has 1 aliphatic heterocycles. The highest BCUT2D eigenvalue weighted by atomic mass is 17.2. The van der Waals surface area contributed by atoms with Crippen LogP contribution in [0.25, 0.3) is 0 Å². The van der Waals surface area contributed by atoms with E-state index in [-0.39, 0.29) is 18.4 Å². The fraction of sp³-hybridized carbons (Fsp3) is 0.762. The molecular weight excluding hydrogens is 316 g/mol. The van der Waals surface area contributed by atoms with Crippen molar-refractivity contribution in [2.45, 2.75) is 91.3 Å². The lowest BCUT2D eigenvalue weighted by molar-refractivity contribution is -0.409. The van der Waals surface area contributed by atoms with Gasteiger partial charge in [0.1, 0.15) is 11.7 Å². The maximum atomic E-state index is 11.0. The van der Waals surface area contributed by atoms with E-state index >= 15 is 0 Å². The average molecular weight is 353 g/mol. The highest BCUT2D eigenvalue weighted by molar-refractivity contribution is 5.67. The molecule has 0 aromatic rings. The summed E-state index contributed by atoms with van der Waals surface area (Å²) in [6, 6.07) is 0. The van der Waals surface area contributed by atoms with Crippen molar-refractivity contribution >= 4 is 5.97 Å². The molecule has 25 heavy (non-hydrogen) atoms. The van der Waals surface area contributed by atoms with Crippen molar-refractivity contribution in [3.63, 3.8) is 0 Å². The zero-order valence-corrected chi connectivity index (χ0v) is 16.6. The zero-order valence-electron chi connectivity index (χ0n) is 16.6. The maximum absolute atomic E-state index is 11.0. The summed E-state index contributed by atoms with van der Waals surface area (Å²) < 4.78 is 0. The molecule has 0 saturated carbocycles. The second-order valence-electron chi connectivity index (χ2n) is 7.31. The Morgan fingerprint density at radius 2 is 2.04 bits per heavy atom. The van der Waals surface area contributed by atoms with E-state index in [0.717, 1.165) is 38.5 Å². The smallest absolute Gasteiger partial charge is 0.306 e. The van der Waals surface area contributed by atoms with Gasteiger partial charge in [-0.15, -0.1) is 0 Å². The molecule has 4 atom stereocenters. The molecule has 1 rings (SSSR count). The summed E-state index contributed by atoms with van der Waals surface area (Å²) in [7, 11) is 0.